The predicted octanol–water partition coefficient (Wildman–Crippen LogP) is 5.46. The van der Waals surface area contributed by atoms with Gasteiger partial charge < -0.3 is 4.90 Å². The van der Waals surface area contributed by atoms with Gasteiger partial charge in [0.25, 0.3) is 0 Å². The zero-order chi connectivity index (χ0) is 25.0. The highest BCUT2D eigenvalue weighted by molar-refractivity contribution is 7.92. The second-order valence-electron chi connectivity index (χ2n) is 8.65. The van der Waals surface area contributed by atoms with Gasteiger partial charge in [-0.2, -0.15) is 4.31 Å². The van der Waals surface area contributed by atoms with Crippen LogP contribution in [0.4, 0.5) is 4.39 Å². The van der Waals surface area contributed by atoms with Gasteiger partial charge in [-0.25, -0.2) is 12.8 Å². The molecule has 35 heavy (non-hydrogen) atoms. The molecular weight excluding hydrogens is 483 g/mol. The molecule has 0 fully saturated rings. The first-order chi connectivity index (χ1) is 16.8. The van der Waals surface area contributed by atoms with Crippen LogP contribution in [0.3, 0.4) is 0 Å². The molecule has 0 radical (unpaired) electrons. The van der Waals surface area contributed by atoms with Gasteiger partial charge in [0.2, 0.25) is 15.9 Å². The molecule has 1 aromatic heterocycles. The number of rotatable bonds is 8. The van der Waals surface area contributed by atoms with Crippen LogP contribution in [0.1, 0.15) is 47.9 Å². The number of carbonyl (C=O) groups excluding carboxylic acids is 1. The molecule has 2 heterocycles. The van der Waals surface area contributed by atoms with Crippen LogP contribution in [0.2, 0.25) is 0 Å². The second-order valence-corrected chi connectivity index (χ2v) is 11.4. The van der Waals surface area contributed by atoms with Gasteiger partial charge in [-0.3, -0.25) is 4.79 Å². The molecule has 1 aliphatic heterocycles. The molecule has 2 atom stereocenters. The Labute approximate surface area is 210 Å². The normalized spacial score (nSPS) is 17.0. The maximum atomic E-state index is 13.7. The molecule has 0 spiro atoms. The fourth-order valence-electron chi connectivity index (χ4n) is 4.32. The summed E-state index contributed by atoms with van der Waals surface area (Å²) in [6, 6.07) is 16.6. The van der Waals surface area contributed by atoms with E-state index < -0.39 is 10.0 Å². The second kappa shape index (κ2) is 10.8. The zero-order valence-electron chi connectivity index (χ0n) is 19.8. The van der Waals surface area contributed by atoms with Gasteiger partial charge in [-0.1, -0.05) is 49.4 Å². The van der Waals surface area contributed by atoms with E-state index in [1.54, 1.807) is 34.4 Å². The standard InChI is InChI=1S/C27H29FN2O3S2/c1-3-20(2)30(35(32,33)18-15-21-7-5-4-6-8-21)19-26(31)29-16-13-25-24(14-17-34-25)27(29)22-9-11-23(28)12-10-22/h4-12,14-15,17-18,20,27H,3,13,16,19H2,1-2H3. The molecule has 4 rings (SSSR count). The molecule has 2 unspecified atom stereocenters. The maximum Gasteiger partial charge on any atom is 0.238 e. The van der Waals surface area contributed by atoms with Crippen molar-refractivity contribution in [3.63, 3.8) is 0 Å². The lowest BCUT2D eigenvalue weighted by Gasteiger charge is -2.38. The summed E-state index contributed by atoms with van der Waals surface area (Å²) in [5.74, 6) is -0.611. The molecule has 0 saturated heterocycles. The minimum Gasteiger partial charge on any atom is -0.330 e. The van der Waals surface area contributed by atoms with E-state index >= 15 is 0 Å². The molecule has 3 aromatic rings. The Hall–Kier alpha value is -2.81. The van der Waals surface area contributed by atoms with Crippen LogP contribution in [0.5, 0.6) is 0 Å². The van der Waals surface area contributed by atoms with E-state index in [4.69, 9.17) is 0 Å². The van der Waals surface area contributed by atoms with E-state index in [0.29, 0.717) is 19.4 Å². The molecule has 1 amide bonds. The van der Waals surface area contributed by atoms with E-state index in [1.165, 1.54) is 26.7 Å². The number of sulfonamides is 1. The lowest BCUT2D eigenvalue weighted by molar-refractivity contribution is -0.133. The van der Waals surface area contributed by atoms with Gasteiger partial charge in [0.1, 0.15) is 5.82 Å². The zero-order valence-corrected chi connectivity index (χ0v) is 21.4. The molecule has 1 aliphatic rings. The Bertz CT molecular complexity index is 1290. The smallest absolute Gasteiger partial charge is 0.238 e. The van der Waals surface area contributed by atoms with Crippen LogP contribution < -0.4 is 0 Å². The van der Waals surface area contributed by atoms with Crippen molar-refractivity contribution in [1.82, 2.24) is 9.21 Å². The number of hydrogen-bond acceptors (Lipinski definition) is 4. The van der Waals surface area contributed by atoms with Crippen molar-refractivity contribution in [2.45, 2.75) is 38.8 Å². The number of fused-ring (bicyclic) bond motifs is 1. The monoisotopic (exact) mass is 512 g/mol. The van der Waals surface area contributed by atoms with Gasteiger partial charge in [-0.05, 0) is 66.1 Å². The van der Waals surface area contributed by atoms with Crippen molar-refractivity contribution in [3.8, 4) is 0 Å². The van der Waals surface area contributed by atoms with E-state index in [9.17, 15) is 17.6 Å². The van der Waals surface area contributed by atoms with Crippen LogP contribution in [0.25, 0.3) is 6.08 Å². The largest absolute Gasteiger partial charge is 0.330 e. The Kier molecular flexibility index (Phi) is 7.84. The van der Waals surface area contributed by atoms with Gasteiger partial charge in [0.05, 0.1) is 12.6 Å². The summed E-state index contributed by atoms with van der Waals surface area (Å²) in [6.07, 6.45) is 2.83. The molecule has 184 valence electrons. The molecule has 0 saturated carbocycles. The molecule has 0 bridgehead atoms. The fraction of sp³-hybridized carbons (Fsp3) is 0.296. The van der Waals surface area contributed by atoms with E-state index in [1.807, 2.05) is 55.6 Å². The molecular formula is C27H29FN2O3S2. The summed E-state index contributed by atoms with van der Waals surface area (Å²) >= 11 is 1.64. The predicted molar refractivity (Wildman–Crippen MR) is 139 cm³/mol. The highest BCUT2D eigenvalue weighted by Crippen LogP contribution is 2.38. The lowest BCUT2D eigenvalue weighted by Crippen LogP contribution is -2.48. The number of nitrogens with zero attached hydrogens (tertiary/aromatic N) is 2. The van der Waals surface area contributed by atoms with Gasteiger partial charge in [-0.15, -0.1) is 11.3 Å². The van der Waals surface area contributed by atoms with E-state index in [2.05, 4.69) is 0 Å². The topological polar surface area (TPSA) is 57.7 Å². The third-order valence-electron chi connectivity index (χ3n) is 6.40. The Morgan fingerprint density at radius 2 is 1.89 bits per heavy atom. The van der Waals surface area contributed by atoms with Crippen molar-refractivity contribution in [2.24, 2.45) is 0 Å². The maximum absolute atomic E-state index is 13.7. The van der Waals surface area contributed by atoms with Crippen molar-refractivity contribution >= 4 is 33.3 Å². The highest BCUT2D eigenvalue weighted by atomic mass is 32.2. The summed E-state index contributed by atoms with van der Waals surface area (Å²) in [4.78, 5) is 16.6. The average Bonchev–Trinajstić information content (AvgIpc) is 3.35. The lowest BCUT2D eigenvalue weighted by atomic mass is 9.93. The van der Waals surface area contributed by atoms with E-state index in [-0.39, 0.29) is 30.4 Å². The minimum atomic E-state index is -3.85. The number of carbonyl (C=O) groups is 1. The summed E-state index contributed by atoms with van der Waals surface area (Å²) in [7, 11) is -3.85. The van der Waals surface area contributed by atoms with Gasteiger partial charge in [0.15, 0.2) is 0 Å². The first-order valence-electron chi connectivity index (χ1n) is 11.7. The Morgan fingerprint density at radius 1 is 1.17 bits per heavy atom. The molecule has 8 heteroatoms. The number of halogens is 1. The van der Waals surface area contributed by atoms with Crippen molar-refractivity contribution in [2.75, 3.05) is 13.1 Å². The van der Waals surface area contributed by atoms with Gasteiger partial charge >= 0.3 is 0 Å². The molecule has 0 N–H and O–H groups in total. The van der Waals surface area contributed by atoms with Gasteiger partial charge in [0, 0.05) is 22.9 Å². The minimum absolute atomic E-state index is 0.256. The average molecular weight is 513 g/mol. The first kappa shape index (κ1) is 25.3. The van der Waals surface area contributed by atoms with Crippen LogP contribution >= 0.6 is 11.3 Å². The van der Waals surface area contributed by atoms with Crippen molar-refractivity contribution in [3.05, 3.63) is 98.8 Å². The number of benzene rings is 2. The number of hydrogen-bond donors (Lipinski definition) is 0. The quantitative estimate of drug-likeness (QED) is 0.403. The molecule has 2 aromatic carbocycles. The molecule has 5 nitrogen and oxygen atoms in total. The third kappa shape index (κ3) is 5.72. The van der Waals surface area contributed by atoms with Crippen molar-refractivity contribution in [1.29, 1.82) is 0 Å². The van der Waals surface area contributed by atoms with Crippen LogP contribution in [0, 0.1) is 5.82 Å². The molecule has 0 aliphatic carbocycles. The first-order valence-corrected chi connectivity index (χ1v) is 14.0. The summed E-state index contributed by atoms with van der Waals surface area (Å²) in [5.41, 5.74) is 2.59. The number of amides is 1. The third-order valence-corrected chi connectivity index (χ3v) is 9.02. The highest BCUT2D eigenvalue weighted by Gasteiger charge is 2.35. The van der Waals surface area contributed by atoms with Crippen molar-refractivity contribution < 1.29 is 17.6 Å². The van der Waals surface area contributed by atoms with Crippen LogP contribution in [-0.4, -0.2) is 42.7 Å². The Morgan fingerprint density at radius 3 is 2.57 bits per heavy atom. The summed E-state index contributed by atoms with van der Waals surface area (Å²) in [5, 5.41) is 3.17. The van der Waals surface area contributed by atoms with Crippen LogP contribution in [0.15, 0.2) is 71.5 Å². The van der Waals surface area contributed by atoms with Crippen LogP contribution in [-0.2, 0) is 21.2 Å². The fourth-order valence-corrected chi connectivity index (χ4v) is 6.65. The number of thiophene rings is 1. The summed E-state index contributed by atoms with van der Waals surface area (Å²) in [6.45, 7) is 3.93. The summed E-state index contributed by atoms with van der Waals surface area (Å²) < 4.78 is 41.5. The van der Waals surface area contributed by atoms with E-state index in [0.717, 1.165) is 16.7 Å². The SMILES string of the molecule is CCC(C)N(CC(=O)N1CCc2sccc2C1c1ccc(F)cc1)S(=O)(=O)C=Cc1ccccc1. The Balaban J connectivity index is 1.62.